The minimum absolute atomic E-state index is 0.0394. The van der Waals surface area contributed by atoms with Crippen LogP contribution in [0.15, 0.2) is 65.4 Å². The van der Waals surface area contributed by atoms with Crippen molar-refractivity contribution in [1.82, 2.24) is 10.3 Å². The normalized spacial score (nSPS) is 10.5. The van der Waals surface area contributed by atoms with Crippen LogP contribution in [0.5, 0.6) is 0 Å². The monoisotopic (exact) mass is 326 g/mol. The lowest BCUT2D eigenvalue weighted by Crippen LogP contribution is -2.24. The molecule has 0 atom stereocenters. The molecule has 116 valence electrons. The molecule has 3 rings (SSSR count). The molecule has 2 aromatic heterocycles. The van der Waals surface area contributed by atoms with Crippen molar-refractivity contribution in [3.8, 4) is 11.5 Å². The molecule has 0 aliphatic rings. The van der Waals surface area contributed by atoms with E-state index in [4.69, 9.17) is 16.0 Å². The summed E-state index contributed by atoms with van der Waals surface area (Å²) in [6.07, 6.45) is 3.68. The average Bonchev–Trinajstić information content (AvgIpc) is 3.10. The number of rotatable bonds is 5. The van der Waals surface area contributed by atoms with E-state index in [0.29, 0.717) is 18.0 Å². The van der Waals surface area contributed by atoms with Gasteiger partial charge in [-0.25, -0.2) is 0 Å². The van der Waals surface area contributed by atoms with Gasteiger partial charge in [-0.1, -0.05) is 29.8 Å². The molecule has 0 spiro atoms. The molecule has 0 saturated carbocycles. The lowest BCUT2D eigenvalue weighted by atomic mass is 10.1. The zero-order valence-corrected chi connectivity index (χ0v) is 13.1. The van der Waals surface area contributed by atoms with Crippen LogP contribution in [0.25, 0.3) is 11.5 Å². The predicted molar refractivity (Wildman–Crippen MR) is 88.9 cm³/mol. The Labute approximate surface area is 139 Å². The van der Waals surface area contributed by atoms with Crippen LogP contribution >= 0.6 is 11.6 Å². The van der Waals surface area contributed by atoms with E-state index in [0.717, 1.165) is 22.6 Å². The lowest BCUT2D eigenvalue weighted by molar-refractivity contribution is -0.120. The Hall–Kier alpha value is -2.59. The molecule has 0 unspecified atom stereocenters. The van der Waals surface area contributed by atoms with Gasteiger partial charge in [-0.3, -0.25) is 9.78 Å². The van der Waals surface area contributed by atoms with Crippen molar-refractivity contribution in [3.63, 3.8) is 0 Å². The van der Waals surface area contributed by atoms with Crippen LogP contribution in [0.2, 0.25) is 5.02 Å². The number of hydrogen-bond donors (Lipinski definition) is 1. The highest BCUT2D eigenvalue weighted by Gasteiger charge is 2.05. The maximum Gasteiger partial charge on any atom is 0.224 e. The van der Waals surface area contributed by atoms with E-state index in [1.807, 2.05) is 36.4 Å². The molecule has 4 nitrogen and oxygen atoms in total. The fourth-order valence-electron chi connectivity index (χ4n) is 2.15. The summed E-state index contributed by atoms with van der Waals surface area (Å²) in [5.74, 6) is 0.686. The van der Waals surface area contributed by atoms with E-state index in [1.165, 1.54) is 0 Å². The Bertz CT molecular complexity index is 766. The summed E-state index contributed by atoms with van der Waals surface area (Å²) < 4.78 is 5.29. The van der Waals surface area contributed by atoms with E-state index < -0.39 is 0 Å². The van der Waals surface area contributed by atoms with Crippen molar-refractivity contribution in [2.45, 2.75) is 13.0 Å². The lowest BCUT2D eigenvalue weighted by Gasteiger charge is -2.06. The fraction of sp³-hybridized carbons (Fsp3) is 0.111. The highest BCUT2D eigenvalue weighted by atomic mass is 35.5. The minimum Gasteiger partial charge on any atom is -0.463 e. The largest absolute Gasteiger partial charge is 0.463 e. The maximum absolute atomic E-state index is 11.9. The smallest absolute Gasteiger partial charge is 0.224 e. The molecular formula is C18H15ClN2O2. The highest BCUT2D eigenvalue weighted by Crippen LogP contribution is 2.17. The van der Waals surface area contributed by atoms with Crippen LogP contribution in [0.3, 0.4) is 0 Å². The first-order chi connectivity index (χ1) is 11.2. The predicted octanol–water partition coefficient (Wildman–Crippen LogP) is 3.85. The molecule has 2 heterocycles. The number of carbonyl (C=O) groups is 1. The molecule has 0 saturated heterocycles. The van der Waals surface area contributed by atoms with Crippen molar-refractivity contribution in [3.05, 3.63) is 77.1 Å². The molecule has 0 bridgehead atoms. The number of carbonyl (C=O) groups excluding carboxylic acids is 1. The van der Waals surface area contributed by atoms with Gasteiger partial charge in [0.05, 0.1) is 12.7 Å². The van der Waals surface area contributed by atoms with Crippen LogP contribution in [-0.2, 0) is 17.8 Å². The Morgan fingerprint density at radius 3 is 2.52 bits per heavy atom. The van der Waals surface area contributed by atoms with E-state index in [1.54, 1.807) is 24.6 Å². The number of amides is 1. The maximum atomic E-state index is 11.9. The average molecular weight is 327 g/mol. The molecule has 0 aliphatic carbocycles. The second-order valence-corrected chi connectivity index (χ2v) is 5.55. The first kappa shape index (κ1) is 15.3. The van der Waals surface area contributed by atoms with Gasteiger partial charge >= 0.3 is 0 Å². The van der Waals surface area contributed by atoms with Crippen LogP contribution in [0.4, 0.5) is 0 Å². The van der Waals surface area contributed by atoms with Crippen LogP contribution in [0.1, 0.15) is 11.1 Å². The molecule has 0 radical (unpaired) electrons. The van der Waals surface area contributed by atoms with Crippen molar-refractivity contribution in [2.75, 3.05) is 0 Å². The topological polar surface area (TPSA) is 55.1 Å². The van der Waals surface area contributed by atoms with Gasteiger partial charge < -0.3 is 9.73 Å². The van der Waals surface area contributed by atoms with Gasteiger partial charge in [0.15, 0.2) is 5.76 Å². The van der Waals surface area contributed by atoms with Crippen molar-refractivity contribution in [1.29, 1.82) is 0 Å². The number of nitrogens with zero attached hydrogens (tertiary/aromatic N) is 1. The summed E-state index contributed by atoms with van der Waals surface area (Å²) in [6.45, 7) is 0.442. The van der Waals surface area contributed by atoms with Crippen LogP contribution < -0.4 is 5.32 Å². The standard InChI is InChI=1S/C18H15ClN2O2/c19-15-6-3-13(4-7-15)10-18(22)21-12-14-5-8-16(20-11-14)17-2-1-9-23-17/h1-9,11H,10,12H2,(H,21,22). The quantitative estimate of drug-likeness (QED) is 0.774. The number of halogens is 1. The molecule has 5 heteroatoms. The first-order valence-corrected chi connectivity index (χ1v) is 7.58. The SMILES string of the molecule is O=C(Cc1ccc(Cl)cc1)NCc1ccc(-c2ccco2)nc1. The molecule has 3 aromatic rings. The Morgan fingerprint density at radius 1 is 1.09 bits per heavy atom. The van der Waals surface area contributed by atoms with Crippen molar-refractivity contribution >= 4 is 17.5 Å². The summed E-state index contributed by atoms with van der Waals surface area (Å²) in [4.78, 5) is 16.3. The van der Waals surface area contributed by atoms with E-state index in [2.05, 4.69) is 10.3 Å². The molecule has 1 aromatic carbocycles. The second kappa shape index (κ2) is 7.11. The molecular weight excluding hydrogens is 312 g/mol. The molecule has 0 aliphatic heterocycles. The number of benzene rings is 1. The second-order valence-electron chi connectivity index (χ2n) is 5.11. The minimum atomic E-state index is -0.0394. The Balaban J connectivity index is 1.53. The Morgan fingerprint density at radius 2 is 1.87 bits per heavy atom. The first-order valence-electron chi connectivity index (χ1n) is 7.21. The zero-order valence-electron chi connectivity index (χ0n) is 12.3. The number of aromatic nitrogens is 1. The van der Waals surface area contributed by atoms with Crippen molar-refractivity contribution < 1.29 is 9.21 Å². The van der Waals surface area contributed by atoms with Gasteiger partial charge in [-0.2, -0.15) is 0 Å². The summed E-state index contributed by atoms with van der Waals surface area (Å²) >= 11 is 5.82. The Kier molecular flexibility index (Phi) is 4.74. The van der Waals surface area contributed by atoms with Crippen LogP contribution in [-0.4, -0.2) is 10.9 Å². The van der Waals surface area contributed by atoms with Gasteiger partial charge in [-0.15, -0.1) is 0 Å². The third kappa shape index (κ3) is 4.20. The fourth-order valence-corrected chi connectivity index (χ4v) is 2.28. The molecule has 1 N–H and O–H groups in total. The van der Waals surface area contributed by atoms with Gasteiger partial charge in [0.2, 0.25) is 5.91 Å². The van der Waals surface area contributed by atoms with E-state index >= 15 is 0 Å². The van der Waals surface area contributed by atoms with Gasteiger partial charge in [0.1, 0.15) is 5.69 Å². The van der Waals surface area contributed by atoms with Crippen molar-refractivity contribution in [2.24, 2.45) is 0 Å². The third-order valence-corrected chi connectivity index (χ3v) is 3.62. The zero-order chi connectivity index (χ0) is 16.1. The number of pyridine rings is 1. The third-order valence-electron chi connectivity index (χ3n) is 3.37. The van der Waals surface area contributed by atoms with Gasteiger partial charge in [0.25, 0.3) is 0 Å². The number of hydrogen-bond acceptors (Lipinski definition) is 3. The summed E-state index contributed by atoms with van der Waals surface area (Å²) in [7, 11) is 0. The number of nitrogens with one attached hydrogen (secondary N) is 1. The summed E-state index contributed by atoms with van der Waals surface area (Å²) in [5, 5.41) is 3.54. The summed E-state index contributed by atoms with van der Waals surface area (Å²) in [5.41, 5.74) is 2.63. The van der Waals surface area contributed by atoms with E-state index in [9.17, 15) is 4.79 Å². The van der Waals surface area contributed by atoms with Crippen LogP contribution in [0, 0.1) is 0 Å². The van der Waals surface area contributed by atoms with Gasteiger partial charge in [0, 0.05) is 17.8 Å². The van der Waals surface area contributed by atoms with Gasteiger partial charge in [-0.05, 0) is 41.5 Å². The molecule has 0 fully saturated rings. The molecule has 1 amide bonds. The number of furan rings is 1. The summed E-state index contributed by atoms with van der Waals surface area (Å²) in [6, 6.07) is 14.7. The van der Waals surface area contributed by atoms with E-state index in [-0.39, 0.29) is 5.91 Å². The highest BCUT2D eigenvalue weighted by molar-refractivity contribution is 6.30. The molecule has 23 heavy (non-hydrogen) atoms.